The van der Waals surface area contributed by atoms with Gasteiger partial charge in [0.05, 0.1) is 5.69 Å². The van der Waals surface area contributed by atoms with Crippen LogP contribution in [0.1, 0.15) is 24.6 Å². The average Bonchev–Trinajstić information content (AvgIpc) is 2.61. The lowest BCUT2D eigenvalue weighted by atomic mass is 10.2. The predicted octanol–water partition coefficient (Wildman–Crippen LogP) is 2.03. The maximum absolute atomic E-state index is 4.54. The zero-order valence-electron chi connectivity index (χ0n) is 12.4. The second-order valence-corrected chi connectivity index (χ2v) is 5.77. The lowest BCUT2D eigenvalue weighted by molar-refractivity contribution is 0.629. The predicted molar refractivity (Wildman–Crippen MR) is 81.6 cm³/mol. The van der Waals surface area contributed by atoms with E-state index in [4.69, 9.17) is 0 Å². The van der Waals surface area contributed by atoms with Gasteiger partial charge in [0.1, 0.15) is 5.82 Å². The smallest absolute Gasteiger partial charge is 0.131 e. The molecule has 1 unspecified atom stereocenters. The van der Waals surface area contributed by atoms with Gasteiger partial charge in [0, 0.05) is 32.2 Å². The Morgan fingerprint density at radius 1 is 1.50 bits per heavy atom. The molecule has 0 fully saturated rings. The molecule has 1 aromatic rings. The summed E-state index contributed by atoms with van der Waals surface area (Å²) in [5.74, 6) is 2.43. The number of aromatic nitrogens is 2. The van der Waals surface area contributed by atoms with E-state index in [1.807, 2.05) is 30.5 Å². The minimum absolute atomic E-state index is 0.530. The third-order valence-electron chi connectivity index (χ3n) is 3.40. The second-order valence-electron chi connectivity index (χ2n) is 4.78. The summed E-state index contributed by atoms with van der Waals surface area (Å²) in [7, 11) is 6.17. The third-order valence-corrected chi connectivity index (χ3v) is 4.05. The van der Waals surface area contributed by atoms with Crippen LogP contribution >= 0.6 is 11.8 Å². The van der Waals surface area contributed by atoms with Crippen LogP contribution in [-0.2, 0) is 13.6 Å². The normalized spacial score (nSPS) is 12.8. The summed E-state index contributed by atoms with van der Waals surface area (Å²) in [6, 6.07) is 0.530. The highest BCUT2D eigenvalue weighted by atomic mass is 32.2. The Balaban J connectivity index is 2.92. The summed E-state index contributed by atoms with van der Waals surface area (Å²) >= 11 is 1.90. The maximum Gasteiger partial charge on any atom is 0.131 e. The molecule has 1 N–H and O–H groups in total. The van der Waals surface area contributed by atoms with Crippen LogP contribution in [-0.4, -0.2) is 41.9 Å². The number of nitrogens with zero attached hydrogens (tertiary/aromatic N) is 3. The first-order valence-electron chi connectivity index (χ1n) is 6.41. The number of nitrogens with one attached hydrogen (secondary N) is 1. The Kier molecular flexibility index (Phi) is 6.02. The molecule has 18 heavy (non-hydrogen) atoms. The SMILES string of the molecule is CNCc1c(C)nn(C)c1N(C)C(C)CCSC. The first-order chi connectivity index (χ1) is 8.52. The lowest BCUT2D eigenvalue weighted by Crippen LogP contribution is -2.32. The van der Waals surface area contributed by atoms with E-state index in [1.165, 1.54) is 23.6 Å². The fourth-order valence-corrected chi connectivity index (χ4v) is 2.78. The molecular formula is C13H26N4S. The van der Waals surface area contributed by atoms with Gasteiger partial charge in [-0.3, -0.25) is 4.68 Å². The summed E-state index contributed by atoms with van der Waals surface area (Å²) in [6.45, 7) is 5.23. The van der Waals surface area contributed by atoms with Gasteiger partial charge in [-0.15, -0.1) is 0 Å². The van der Waals surface area contributed by atoms with Crippen molar-refractivity contribution >= 4 is 17.6 Å². The van der Waals surface area contributed by atoms with Crippen molar-refractivity contribution in [3.05, 3.63) is 11.3 Å². The molecule has 0 saturated carbocycles. The standard InChI is InChI=1S/C13H26N4S/c1-10(7-8-18-6)16(4)13-12(9-14-3)11(2)15-17(13)5/h10,14H,7-9H2,1-6H3. The van der Waals surface area contributed by atoms with Crippen molar-refractivity contribution in [1.82, 2.24) is 15.1 Å². The van der Waals surface area contributed by atoms with Crippen molar-refractivity contribution in [2.24, 2.45) is 7.05 Å². The molecule has 0 aliphatic rings. The second kappa shape index (κ2) is 7.04. The van der Waals surface area contributed by atoms with Crippen LogP contribution < -0.4 is 10.2 Å². The van der Waals surface area contributed by atoms with Crippen LogP contribution in [0.4, 0.5) is 5.82 Å². The number of aryl methyl sites for hydroxylation is 2. The van der Waals surface area contributed by atoms with Crippen molar-refractivity contribution in [2.45, 2.75) is 32.9 Å². The molecule has 1 aromatic heterocycles. The Labute approximate surface area is 115 Å². The van der Waals surface area contributed by atoms with Crippen LogP contribution in [0.2, 0.25) is 0 Å². The number of rotatable bonds is 7. The molecule has 0 spiro atoms. The number of anilines is 1. The van der Waals surface area contributed by atoms with E-state index < -0.39 is 0 Å². The van der Waals surface area contributed by atoms with Crippen molar-refractivity contribution in [3.63, 3.8) is 0 Å². The molecule has 5 heteroatoms. The van der Waals surface area contributed by atoms with Gasteiger partial charge in [0.25, 0.3) is 0 Å². The molecule has 4 nitrogen and oxygen atoms in total. The minimum atomic E-state index is 0.530. The molecule has 1 atom stereocenters. The quantitative estimate of drug-likeness (QED) is 0.822. The maximum atomic E-state index is 4.54. The topological polar surface area (TPSA) is 33.1 Å². The largest absolute Gasteiger partial charge is 0.357 e. The number of thioether (sulfide) groups is 1. The fraction of sp³-hybridized carbons (Fsp3) is 0.769. The van der Waals surface area contributed by atoms with Crippen LogP contribution in [0, 0.1) is 6.92 Å². The fourth-order valence-electron chi connectivity index (χ4n) is 2.21. The van der Waals surface area contributed by atoms with Gasteiger partial charge in [-0.25, -0.2) is 0 Å². The Morgan fingerprint density at radius 3 is 2.72 bits per heavy atom. The van der Waals surface area contributed by atoms with E-state index in [1.54, 1.807) is 0 Å². The van der Waals surface area contributed by atoms with Gasteiger partial charge in [-0.2, -0.15) is 16.9 Å². The van der Waals surface area contributed by atoms with Crippen molar-refractivity contribution in [1.29, 1.82) is 0 Å². The molecule has 0 radical (unpaired) electrons. The van der Waals surface area contributed by atoms with Gasteiger partial charge in [0.2, 0.25) is 0 Å². The molecule has 104 valence electrons. The molecule has 0 bridgehead atoms. The highest BCUT2D eigenvalue weighted by Gasteiger charge is 2.19. The van der Waals surface area contributed by atoms with Crippen LogP contribution in [0.15, 0.2) is 0 Å². The van der Waals surface area contributed by atoms with Gasteiger partial charge in [0.15, 0.2) is 0 Å². The molecule has 0 aliphatic carbocycles. The van der Waals surface area contributed by atoms with E-state index in [0.717, 1.165) is 12.2 Å². The molecule has 0 aliphatic heterocycles. The van der Waals surface area contributed by atoms with E-state index in [-0.39, 0.29) is 0 Å². The van der Waals surface area contributed by atoms with Gasteiger partial charge in [-0.1, -0.05) is 0 Å². The van der Waals surface area contributed by atoms with E-state index in [2.05, 4.69) is 42.5 Å². The first kappa shape index (κ1) is 15.4. The average molecular weight is 270 g/mol. The highest BCUT2D eigenvalue weighted by Crippen LogP contribution is 2.24. The van der Waals surface area contributed by atoms with E-state index in [9.17, 15) is 0 Å². The summed E-state index contributed by atoms with van der Waals surface area (Å²) in [6.07, 6.45) is 3.36. The summed E-state index contributed by atoms with van der Waals surface area (Å²) < 4.78 is 2.00. The van der Waals surface area contributed by atoms with Crippen LogP contribution in [0.5, 0.6) is 0 Å². The summed E-state index contributed by atoms with van der Waals surface area (Å²) in [4.78, 5) is 2.35. The summed E-state index contributed by atoms with van der Waals surface area (Å²) in [5.41, 5.74) is 2.42. The summed E-state index contributed by atoms with van der Waals surface area (Å²) in [5, 5.41) is 7.77. The van der Waals surface area contributed by atoms with Gasteiger partial charge in [-0.05, 0) is 39.3 Å². The van der Waals surface area contributed by atoms with Crippen molar-refractivity contribution in [3.8, 4) is 0 Å². The Hall–Kier alpha value is -0.680. The third kappa shape index (κ3) is 3.42. The molecular weight excluding hydrogens is 244 g/mol. The van der Waals surface area contributed by atoms with Crippen LogP contribution in [0.3, 0.4) is 0 Å². The molecule has 0 aromatic carbocycles. The Bertz CT molecular complexity index is 375. The van der Waals surface area contributed by atoms with Crippen molar-refractivity contribution in [2.75, 3.05) is 31.0 Å². The van der Waals surface area contributed by atoms with Crippen LogP contribution in [0.25, 0.3) is 0 Å². The number of hydrogen-bond acceptors (Lipinski definition) is 4. The monoisotopic (exact) mass is 270 g/mol. The van der Waals surface area contributed by atoms with Crippen molar-refractivity contribution < 1.29 is 0 Å². The zero-order valence-corrected chi connectivity index (χ0v) is 13.3. The molecule has 0 amide bonds. The van der Waals surface area contributed by atoms with Gasteiger partial charge < -0.3 is 10.2 Å². The van der Waals surface area contributed by atoms with E-state index in [0.29, 0.717) is 6.04 Å². The highest BCUT2D eigenvalue weighted by molar-refractivity contribution is 7.98. The minimum Gasteiger partial charge on any atom is -0.357 e. The lowest BCUT2D eigenvalue weighted by Gasteiger charge is -2.28. The zero-order chi connectivity index (χ0) is 13.7. The molecule has 1 heterocycles. The number of hydrogen-bond donors (Lipinski definition) is 1. The van der Waals surface area contributed by atoms with Gasteiger partial charge >= 0.3 is 0 Å². The molecule has 1 rings (SSSR count). The Morgan fingerprint density at radius 2 is 2.17 bits per heavy atom. The molecule has 0 saturated heterocycles. The van der Waals surface area contributed by atoms with E-state index >= 15 is 0 Å². The first-order valence-corrected chi connectivity index (χ1v) is 7.81.